The average Bonchev–Trinajstić information content (AvgIpc) is 3.26. The number of rotatable bonds is 9. The number of hydrogen-bond donors (Lipinski definition) is 2. The van der Waals surface area contributed by atoms with Crippen LogP contribution in [0.5, 0.6) is 0 Å². The van der Waals surface area contributed by atoms with Gasteiger partial charge in [-0.3, -0.25) is 4.79 Å². The third-order valence-electron chi connectivity index (χ3n) is 4.27. The quantitative estimate of drug-likeness (QED) is 0.687. The first-order valence-corrected chi connectivity index (χ1v) is 8.27. The van der Waals surface area contributed by atoms with Crippen molar-refractivity contribution in [1.29, 1.82) is 0 Å². The Labute approximate surface area is 132 Å². The van der Waals surface area contributed by atoms with Gasteiger partial charge < -0.3 is 11.1 Å². The van der Waals surface area contributed by atoms with Gasteiger partial charge in [0, 0.05) is 23.4 Å². The van der Waals surface area contributed by atoms with Crippen molar-refractivity contribution in [3.8, 4) is 0 Å². The summed E-state index contributed by atoms with van der Waals surface area (Å²) in [5.41, 5.74) is 6.82. The summed E-state index contributed by atoms with van der Waals surface area (Å²) in [4.78, 5) is 11.9. The Kier molecular flexibility index (Phi) is 6.07. The maximum Gasteiger partial charge on any atom is 0.220 e. The number of benzene rings is 1. The van der Waals surface area contributed by atoms with E-state index in [-0.39, 0.29) is 11.3 Å². The normalized spacial score (nSPS) is 15.7. The Morgan fingerprint density at radius 2 is 2.00 bits per heavy atom. The van der Waals surface area contributed by atoms with E-state index in [1.807, 2.05) is 18.2 Å². The fraction of sp³-hybridized carbons (Fsp3) is 0.588. The van der Waals surface area contributed by atoms with Crippen LogP contribution in [0, 0.1) is 0 Å². The van der Waals surface area contributed by atoms with Crippen LogP contribution in [-0.2, 0) is 10.2 Å². The fourth-order valence-corrected chi connectivity index (χ4v) is 2.87. The average molecular weight is 309 g/mol. The zero-order valence-corrected chi connectivity index (χ0v) is 13.3. The Morgan fingerprint density at radius 3 is 2.67 bits per heavy atom. The fourth-order valence-electron chi connectivity index (χ4n) is 2.68. The molecule has 1 aromatic rings. The maximum absolute atomic E-state index is 11.9. The standard InChI is InChI=1S/C17H25ClN2O/c18-15-7-5-6-14(12-15)17(9-10-17)13-20-16(21)8-3-1-2-4-11-19/h5-7,12H,1-4,8-11,13,19H2,(H,20,21). The minimum Gasteiger partial charge on any atom is -0.355 e. The molecule has 116 valence electrons. The molecule has 1 saturated carbocycles. The summed E-state index contributed by atoms with van der Waals surface area (Å²) >= 11 is 6.06. The van der Waals surface area contributed by atoms with Crippen LogP contribution in [0.2, 0.25) is 5.02 Å². The van der Waals surface area contributed by atoms with Crippen LogP contribution in [0.25, 0.3) is 0 Å². The topological polar surface area (TPSA) is 55.1 Å². The van der Waals surface area contributed by atoms with Gasteiger partial charge in [0.2, 0.25) is 5.91 Å². The Bertz CT molecular complexity index is 472. The molecule has 0 bridgehead atoms. The maximum atomic E-state index is 11.9. The van der Waals surface area contributed by atoms with E-state index in [1.54, 1.807) is 0 Å². The molecule has 1 aliphatic carbocycles. The summed E-state index contributed by atoms with van der Waals surface area (Å²) in [5, 5.41) is 3.86. The molecule has 21 heavy (non-hydrogen) atoms. The number of halogens is 1. The lowest BCUT2D eigenvalue weighted by atomic mass is 9.96. The molecule has 0 atom stereocenters. The highest BCUT2D eigenvalue weighted by molar-refractivity contribution is 6.30. The van der Waals surface area contributed by atoms with Gasteiger partial charge in [0.15, 0.2) is 0 Å². The minimum atomic E-state index is 0.125. The molecule has 3 nitrogen and oxygen atoms in total. The number of carbonyl (C=O) groups excluding carboxylic acids is 1. The summed E-state index contributed by atoms with van der Waals surface area (Å²) in [6, 6.07) is 8.00. The number of nitrogens with two attached hydrogens (primary N) is 1. The Morgan fingerprint density at radius 1 is 1.24 bits per heavy atom. The van der Waals surface area contributed by atoms with Gasteiger partial charge in [0.1, 0.15) is 0 Å². The van der Waals surface area contributed by atoms with Crippen molar-refractivity contribution in [2.45, 2.75) is 50.4 Å². The number of unbranched alkanes of at least 4 members (excludes halogenated alkanes) is 3. The first-order chi connectivity index (χ1) is 10.2. The van der Waals surface area contributed by atoms with Gasteiger partial charge >= 0.3 is 0 Å². The zero-order valence-electron chi connectivity index (χ0n) is 12.5. The van der Waals surface area contributed by atoms with E-state index < -0.39 is 0 Å². The molecule has 0 radical (unpaired) electrons. The second-order valence-corrected chi connectivity index (χ2v) is 6.46. The van der Waals surface area contributed by atoms with E-state index in [1.165, 1.54) is 5.56 Å². The summed E-state index contributed by atoms with van der Waals surface area (Å²) < 4.78 is 0. The molecule has 0 heterocycles. The highest BCUT2D eigenvalue weighted by atomic mass is 35.5. The molecular weight excluding hydrogens is 284 g/mol. The molecule has 0 unspecified atom stereocenters. The van der Waals surface area contributed by atoms with Crippen LogP contribution in [0.15, 0.2) is 24.3 Å². The van der Waals surface area contributed by atoms with Crippen molar-refractivity contribution < 1.29 is 4.79 Å². The van der Waals surface area contributed by atoms with Crippen molar-refractivity contribution >= 4 is 17.5 Å². The molecular formula is C17H25ClN2O. The van der Waals surface area contributed by atoms with Crippen molar-refractivity contribution in [2.24, 2.45) is 5.73 Å². The largest absolute Gasteiger partial charge is 0.355 e. The van der Waals surface area contributed by atoms with Crippen molar-refractivity contribution in [3.63, 3.8) is 0 Å². The van der Waals surface area contributed by atoms with Crippen LogP contribution in [-0.4, -0.2) is 19.0 Å². The van der Waals surface area contributed by atoms with E-state index in [2.05, 4.69) is 11.4 Å². The van der Waals surface area contributed by atoms with Crippen LogP contribution in [0.3, 0.4) is 0 Å². The van der Waals surface area contributed by atoms with Crippen LogP contribution in [0.1, 0.15) is 50.5 Å². The van der Waals surface area contributed by atoms with Crippen molar-refractivity contribution in [1.82, 2.24) is 5.32 Å². The summed E-state index contributed by atoms with van der Waals surface area (Å²) in [7, 11) is 0. The highest BCUT2D eigenvalue weighted by Gasteiger charge is 2.44. The highest BCUT2D eigenvalue weighted by Crippen LogP contribution is 2.48. The summed E-state index contributed by atoms with van der Waals surface area (Å²) in [5.74, 6) is 0.163. The molecule has 0 aliphatic heterocycles. The molecule has 1 amide bonds. The summed E-state index contributed by atoms with van der Waals surface area (Å²) in [6.45, 7) is 1.48. The zero-order chi connectivity index (χ0) is 15.1. The number of carbonyl (C=O) groups is 1. The van der Waals surface area contributed by atoms with Crippen molar-refractivity contribution in [3.05, 3.63) is 34.9 Å². The minimum absolute atomic E-state index is 0.125. The van der Waals surface area contributed by atoms with E-state index in [4.69, 9.17) is 17.3 Å². The van der Waals surface area contributed by atoms with E-state index in [0.717, 1.165) is 56.6 Å². The van der Waals surface area contributed by atoms with Gasteiger partial charge in [-0.05, 0) is 49.9 Å². The molecule has 2 rings (SSSR count). The molecule has 0 saturated heterocycles. The van der Waals surface area contributed by atoms with Crippen LogP contribution >= 0.6 is 11.6 Å². The van der Waals surface area contributed by atoms with Crippen LogP contribution < -0.4 is 11.1 Å². The van der Waals surface area contributed by atoms with Gasteiger partial charge in [-0.1, -0.05) is 36.6 Å². The smallest absolute Gasteiger partial charge is 0.220 e. The number of amides is 1. The molecule has 1 fully saturated rings. The van der Waals surface area contributed by atoms with Crippen LogP contribution in [0.4, 0.5) is 0 Å². The van der Waals surface area contributed by atoms with Gasteiger partial charge in [-0.15, -0.1) is 0 Å². The second kappa shape index (κ2) is 7.81. The number of nitrogens with one attached hydrogen (secondary N) is 1. The lowest BCUT2D eigenvalue weighted by molar-refractivity contribution is -0.121. The summed E-state index contributed by atoms with van der Waals surface area (Å²) in [6.07, 6.45) is 7.10. The predicted molar refractivity (Wildman–Crippen MR) is 87.5 cm³/mol. The predicted octanol–water partition coefficient (Wildman–Crippen LogP) is 3.40. The molecule has 0 aromatic heterocycles. The Hall–Kier alpha value is -1.06. The van der Waals surface area contributed by atoms with E-state index in [0.29, 0.717) is 6.42 Å². The SMILES string of the molecule is NCCCCCCC(=O)NCC1(c2cccc(Cl)c2)CC1. The van der Waals surface area contributed by atoms with E-state index in [9.17, 15) is 4.79 Å². The second-order valence-electron chi connectivity index (χ2n) is 6.02. The number of hydrogen-bond acceptors (Lipinski definition) is 2. The lowest BCUT2D eigenvalue weighted by Gasteiger charge is -2.17. The molecule has 3 N–H and O–H groups in total. The van der Waals surface area contributed by atoms with Gasteiger partial charge in [0.05, 0.1) is 0 Å². The molecule has 0 spiro atoms. The Balaban J connectivity index is 1.71. The van der Waals surface area contributed by atoms with E-state index >= 15 is 0 Å². The molecule has 1 aromatic carbocycles. The van der Waals surface area contributed by atoms with Gasteiger partial charge in [-0.2, -0.15) is 0 Å². The molecule has 4 heteroatoms. The lowest BCUT2D eigenvalue weighted by Crippen LogP contribution is -2.32. The van der Waals surface area contributed by atoms with Gasteiger partial charge in [-0.25, -0.2) is 0 Å². The third kappa shape index (κ3) is 5.01. The van der Waals surface area contributed by atoms with Gasteiger partial charge in [0.25, 0.3) is 0 Å². The third-order valence-corrected chi connectivity index (χ3v) is 4.51. The first kappa shape index (κ1) is 16.3. The molecule has 1 aliphatic rings. The monoisotopic (exact) mass is 308 g/mol. The van der Waals surface area contributed by atoms with Crippen molar-refractivity contribution in [2.75, 3.05) is 13.1 Å². The first-order valence-electron chi connectivity index (χ1n) is 7.89.